The molecule has 6 nitrogen and oxygen atoms in total. The average Bonchev–Trinajstić information content (AvgIpc) is 2.89. The number of halogens is 3. The van der Waals surface area contributed by atoms with Crippen LogP contribution in [-0.4, -0.2) is 26.3 Å². The third-order valence-electron chi connectivity index (χ3n) is 3.24. The minimum absolute atomic E-state index is 0.145. The number of carbonyl (C=O) groups excluding carboxylic acids is 1. The number of hydrogen-bond donors (Lipinski definition) is 3. The van der Waals surface area contributed by atoms with Crippen molar-refractivity contribution >= 4 is 46.7 Å². The van der Waals surface area contributed by atoms with Crippen LogP contribution in [0.5, 0.6) is 0 Å². The third kappa shape index (κ3) is 3.51. The Bertz CT molecular complexity index is 619. The van der Waals surface area contributed by atoms with Gasteiger partial charge in [0.2, 0.25) is 5.96 Å². The van der Waals surface area contributed by atoms with Crippen LogP contribution in [0.15, 0.2) is 35.7 Å². The Labute approximate surface area is 143 Å². The molecule has 22 heavy (non-hydrogen) atoms. The highest BCUT2D eigenvalue weighted by Crippen LogP contribution is 2.29. The number of fused-ring (bicyclic) bond motifs is 1. The van der Waals surface area contributed by atoms with E-state index in [0.717, 1.165) is 12.1 Å². The summed E-state index contributed by atoms with van der Waals surface area (Å²) in [6, 6.07) is 3.44. The molecule has 9 heteroatoms. The molecule has 0 saturated heterocycles. The van der Waals surface area contributed by atoms with E-state index >= 15 is 0 Å². The van der Waals surface area contributed by atoms with Gasteiger partial charge in [0, 0.05) is 6.20 Å². The number of hydrogen-bond acceptors (Lipinski definition) is 4. The molecule has 0 aliphatic carbocycles. The van der Waals surface area contributed by atoms with Gasteiger partial charge in [-0.3, -0.25) is 14.7 Å². The Morgan fingerprint density at radius 3 is 2.77 bits per heavy atom. The molecule has 1 aliphatic heterocycles. The summed E-state index contributed by atoms with van der Waals surface area (Å²) < 4.78 is -0.348. The highest BCUT2D eigenvalue weighted by Gasteiger charge is 2.35. The van der Waals surface area contributed by atoms with Crippen molar-refractivity contribution in [2.45, 2.75) is 29.2 Å². The van der Waals surface area contributed by atoms with Gasteiger partial charge in [-0.15, -0.1) is 0 Å². The second-order valence-electron chi connectivity index (χ2n) is 4.83. The van der Waals surface area contributed by atoms with Gasteiger partial charge in [0.15, 0.2) is 0 Å². The van der Waals surface area contributed by atoms with Gasteiger partial charge in [-0.05, 0) is 18.6 Å². The normalized spacial score (nSPS) is 20.8. The fourth-order valence-corrected chi connectivity index (χ4v) is 2.43. The standard InChI is InChI=1S/C13H16Cl3N5O/c1-3-8-10(18-7(2)17)9-5-4-6-21(9)12(19-8)20-11(22)13(14,15)16/h4-6,8,10,18H,2-3,17H2,1H3,(H,19,20,22)/t8-,10-/m0/s1. The van der Waals surface area contributed by atoms with Gasteiger partial charge in [0.05, 0.1) is 23.6 Å². The van der Waals surface area contributed by atoms with Gasteiger partial charge in [-0.25, -0.2) is 4.99 Å². The van der Waals surface area contributed by atoms with Crippen LogP contribution in [0.2, 0.25) is 0 Å². The minimum Gasteiger partial charge on any atom is -0.386 e. The van der Waals surface area contributed by atoms with Crippen molar-refractivity contribution in [3.05, 3.63) is 36.4 Å². The van der Waals surface area contributed by atoms with E-state index in [2.05, 4.69) is 22.2 Å². The molecule has 0 radical (unpaired) electrons. The number of nitrogens with one attached hydrogen (secondary N) is 2. The molecule has 0 bridgehead atoms. The number of nitrogens with zero attached hydrogens (tertiary/aromatic N) is 2. The van der Waals surface area contributed by atoms with Crippen molar-refractivity contribution in [1.29, 1.82) is 0 Å². The monoisotopic (exact) mass is 363 g/mol. The number of nitrogens with two attached hydrogens (primary N) is 1. The second kappa shape index (κ2) is 6.40. The number of alkyl halides is 3. The largest absolute Gasteiger partial charge is 0.386 e. The van der Waals surface area contributed by atoms with Crippen molar-refractivity contribution in [3.63, 3.8) is 0 Å². The first kappa shape index (κ1) is 17.0. The molecular formula is C13H16Cl3N5O. The van der Waals surface area contributed by atoms with Crippen LogP contribution in [0.1, 0.15) is 25.1 Å². The Morgan fingerprint density at radius 1 is 1.55 bits per heavy atom. The molecule has 120 valence electrons. The zero-order valence-electron chi connectivity index (χ0n) is 11.8. The lowest BCUT2D eigenvalue weighted by Crippen LogP contribution is -2.47. The van der Waals surface area contributed by atoms with Crippen LogP contribution in [0.4, 0.5) is 0 Å². The Kier molecular flexibility index (Phi) is 4.94. The summed E-state index contributed by atoms with van der Waals surface area (Å²) in [7, 11) is 0. The van der Waals surface area contributed by atoms with Crippen LogP contribution >= 0.6 is 34.8 Å². The number of rotatable bonds is 3. The number of amides is 1. The zero-order valence-corrected chi connectivity index (χ0v) is 14.1. The van der Waals surface area contributed by atoms with E-state index in [-0.39, 0.29) is 12.1 Å². The Morgan fingerprint density at radius 2 is 2.23 bits per heavy atom. The molecular weight excluding hydrogens is 349 g/mol. The molecule has 4 N–H and O–H groups in total. The molecule has 0 fully saturated rings. The zero-order chi connectivity index (χ0) is 16.5. The molecule has 1 amide bonds. The number of aliphatic imine (C=N–C) groups is 1. The summed E-state index contributed by atoms with van der Waals surface area (Å²) in [6.07, 6.45) is 2.48. The second-order valence-corrected chi connectivity index (χ2v) is 7.11. The van der Waals surface area contributed by atoms with E-state index in [0.29, 0.717) is 11.8 Å². The molecule has 0 saturated carbocycles. The quantitative estimate of drug-likeness (QED) is 0.718. The topological polar surface area (TPSA) is 84.4 Å². The van der Waals surface area contributed by atoms with Gasteiger partial charge in [0.25, 0.3) is 9.70 Å². The summed E-state index contributed by atoms with van der Waals surface area (Å²) in [4.78, 5) is 16.4. The van der Waals surface area contributed by atoms with Crippen LogP contribution in [-0.2, 0) is 4.79 Å². The maximum atomic E-state index is 11.9. The molecule has 0 unspecified atom stereocenters. The first-order chi connectivity index (χ1) is 10.2. The van der Waals surface area contributed by atoms with Crippen LogP contribution in [0.25, 0.3) is 0 Å². The smallest absolute Gasteiger partial charge is 0.278 e. The SMILES string of the molecule is C=C(N)N[C@@H]1c2cccn2C(NC(=O)C(Cl)(Cl)Cl)=N[C@H]1CC. The lowest BCUT2D eigenvalue weighted by molar-refractivity contribution is -0.118. The maximum Gasteiger partial charge on any atom is 0.278 e. The van der Waals surface area contributed by atoms with E-state index < -0.39 is 9.70 Å². The van der Waals surface area contributed by atoms with Crippen molar-refractivity contribution in [1.82, 2.24) is 15.2 Å². The molecule has 2 heterocycles. The first-order valence-corrected chi connectivity index (χ1v) is 7.72. The summed E-state index contributed by atoms with van der Waals surface area (Å²) in [5.41, 5.74) is 6.54. The minimum atomic E-state index is -2.06. The summed E-state index contributed by atoms with van der Waals surface area (Å²) in [6.45, 7) is 5.64. The molecule has 0 aromatic carbocycles. The predicted molar refractivity (Wildman–Crippen MR) is 89.0 cm³/mol. The van der Waals surface area contributed by atoms with E-state index in [1.165, 1.54) is 0 Å². The fraction of sp³-hybridized carbons (Fsp3) is 0.385. The van der Waals surface area contributed by atoms with E-state index in [1.54, 1.807) is 10.8 Å². The Balaban J connectivity index is 2.35. The van der Waals surface area contributed by atoms with Gasteiger partial charge >= 0.3 is 0 Å². The summed E-state index contributed by atoms with van der Waals surface area (Å²) in [5.74, 6) is -0.107. The van der Waals surface area contributed by atoms with Gasteiger partial charge in [0.1, 0.15) is 0 Å². The highest BCUT2D eigenvalue weighted by molar-refractivity contribution is 6.76. The molecule has 2 rings (SSSR count). The molecule has 0 spiro atoms. The third-order valence-corrected chi connectivity index (χ3v) is 3.76. The first-order valence-electron chi connectivity index (χ1n) is 6.58. The van der Waals surface area contributed by atoms with Crippen LogP contribution < -0.4 is 16.4 Å². The van der Waals surface area contributed by atoms with Gasteiger partial charge in [-0.1, -0.05) is 48.3 Å². The lowest BCUT2D eigenvalue weighted by Gasteiger charge is -2.32. The maximum absolute atomic E-state index is 11.9. The number of aromatic nitrogens is 1. The molecule has 1 aliphatic rings. The average molecular weight is 365 g/mol. The molecule has 1 aromatic heterocycles. The van der Waals surface area contributed by atoms with Crippen molar-refractivity contribution < 1.29 is 4.79 Å². The van der Waals surface area contributed by atoms with Crippen molar-refractivity contribution in [2.75, 3.05) is 0 Å². The van der Waals surface area contributed by atoms with E-state index in [9.17, 15) is 4.79 Å². The van der Waals surface area contributed by atoms with Gasteiger partial charge in [-0.2, -0.15) is 0 Å². The van der Waals surface area contributed by atoms with Gasteiger partial charge < -0.3 is 11.1 Å². The summed E-state index contributed by atoms with van der Waals surface area (Å²) in [5, 5.41) is 5.63. The lowest BCUT2D eigenvalue weighted by atomic mass is 10.0. The molecule has 1 aromatic rings. The van der Waals surface area contributed by atoms with Crippen LogP contribution in [0, 0.1) is 0 Å². The van der Waals surface area contributed by atoms with Crippen molar-refractivity contribution in [2.24, 2.45) is 10.7 Å². The van der Waals surface area contributed by atoms with E-state index in [1.807, 2.05) is 19.1 Å². The fourth-order valence-electron chi connectivity index (χ4n) is 2.29. The number of carbonyl (C=O) groups is 1. The Hall–Kier alpha value is -1.37. The summed E-state index contributed by atoms with van der Waals surface area (Å²) >= 11 is 16.8. The molecule has 2 atom stereocenters. The predicted octanol–water partition coefficient (Wildman–Crippen LogP) is 2.03. The van der Waals surface area contributed by atoms with Crippen LogP contribution in [0.3, 0.4) is 0 Å². The highest BCUT2D eigenvalue weighted by atomic mass is 35.6. The van der Waals surface area contributed by atoms with Crippen molar-refractivity contribution in [3.8, 4) is 0 Å². The van der Waals surface area contributed by atoms with E-state index in [4.69, 9.17) is 40.5 Å².